The highest BCUT2D eigenvalue weighted by Gasteiger charge is 2.17. The molecule has 2 heterocycles. The summed E-state index contributed by atoms with van der Waals surface area (Å²) in [5.74, 6) is 0.601. The van der Waals surface area contributed by atoms with Crippen LogP contribution < -0.4 is 10.1 Å². The first-order valence-corrected chi connectivity index (χ1v) is 9.77. The van der Waals surface area contributed by atoms with Gasteiger partial charge in [0.2, 0.25) is 0 Å². The second-order valence-electron chi connectivity index (χ2n) is 7.13. The summed E-state index contributed by atoms with van der Waals surface area (Å²) in [6.45, 7) is 2.95. The van der Waals surface area contributed by atoms with Crippen LogP contribution in [0.1, 0.15) is 17.7 Å². The molecule has 0 atom stereocenters. The van der Waals surface area contributed by atoms with E-state index in [9.17, 15) is 4.79 Å². The van der Waals surface area contributed by atoms with Gasteiger partial charge in [-0.05, 0) is 35.7 Å². The average molecular weight is 378 g/mol. The molecular formula is C23H26N2O3. The largest absolute Gasteiger partial charge is 0.497 e. The van der Waals surface area contributed by atoms with E-state index in [0.29, 0.717) is 12.8 Å². The van der Waals surface area contributed by atoms with Crippen molar-refractivity contribution in [2.24, 2.45) is 0 Å². The molecular weight excluding hydrogens is 352 g/mol. The van der Waals surface area contributed by atoms with Crippen LogP contribution in [0.25, 0.3) is 22.0 Å². The van der Waals surface area contributed by atoms with Gasteiger partial charge < -0.3 is 19.4 Å². The van der Waals surface area contributed by atoms with Crippen molar-refractivity contribution < 1.29 is 14.3 Å². The maximum Gasteiger partial charge on any atom is 0.305 e. The Morgan fingerprint density at radius 1 is 1.11 bits per heavy atom. The number of ether oxygens (including phenoxy) is 2. The molecule has 1 aliphatic rings. The number of methoxy groups -OCH3 is 2. The maximum atomic E-state index is 11.7. The molecule has 146 valence electrons. The van der Waals surface area contributed by atoms with Gasteiger partial charge in [-0.25, -0.2) is 0 Å². The lowest BCUT2D eigenvalue weighted by atomic mass is 9.95. The van der Waals surface area contributed by atoms with Crippen molar-refractivity contribution in [2.45, 2.75) is 25.8 Å². The van der Waals surface area contributed by atoms with E-state index in [4.69, 9.17) is 9.47 Å². The number of fused-ring (bicyclic) bond motifs is 3. The Morgan fingerprint density at radius 3 is 2.82 bits per heavy atom. The number of para-hydroxylation sites is 1. The summed E-state index contributed by atoms with van der Waals surface area (Å²) in [5.41, 5.74) is 6.09. The van der Waals surface area contributed by atoms with Gasteiger partial charge in [-0.2, -0.15) is 0 Å². The first-order valence-electron chi connectivity index (χ1n) is 9.77. The molecule has 0 saturated carbocycles. The summed E-state index contributed by atoms with van der Waals surface area (Å²) in [7, 11) is 3.10. The van der Waals surface area contributed by atoms with Crippen LogP contribution in [-0.4, -0.2) is 37.8 Å². The maximum absolute atomic E-state index is 11.7. The smallest absolute Gasteiger partial charge is 0.305 e. The molecule has 2 aromatic carbocycles. The van der Waals surface area contributed by atoms with E-state index < -0.39 is 0 Å². The number of benzene rings is 2. The third kappa shape index (κ3) is 3.50. The van der Waals surface area contributed by atoms with Crippen molar-refractivity contribution in [1.82, 2.24) is 9.88 Å². The Kier molecular flexibility index (Phi) is 5.35. The van der Waals surface area contributed by atoms with Crippen LogP contribution in [-0.2, 0) is 28.9 Å². The zero-order valence-electron chi connectivity index (χ0n) is 16.5. The number of rotatable bonds is 5. The average Bonchev–Trinajstić information content (AvgIpc) is 2.93. The second-order valence-corrected chi connectivity index (χ2v) is 7.13. The Bertz CT molecular complexity index is 1010. The minimum Gasteiger partial charge on any atom is -0.497 e. The molecule has 0 fully saturated rings. The number of nitrogens with zero attached hydrogens (tertiary/aromatic N) is 1. The van der Waals surface area contributed by atoms with E-state index in [-0.39, 0.29) is 5.97 Å². The van der Waals surface area contributed by atoms with Crippen LogP contribution in [0.2, 0.25) is 0 Å². The molecule has 1 aliphatic heterocycles. The van der Waals surface area contributed by atoms with Crippen LogP contribution in [0.15, 0.2) is 42.5 Å². The van der Waals surface area contributed by atoms with E-state index in [1.165, 1.54) is 29.3 Å². The van der Waals surface area contributed by atoms with Crippen LogP contribution in [0.4, 0.5) is 0 Å². The third-order valence-electron chi connectivity index (χ3n) is 5.50. The molecule has 0 bridgehead atoms. The van der Waals surface area contributed by atoms with E-state index in [1.807, 2.05) is 12.1 Å². The van der Waals surface area contributed by atoms with Gasteiger partial charge in [-0.3, -0.25) is 4.79 Å². The number of nitrogens with one attached hydrogen (secondary N) is 1. The van der Waals surface area contributed by atoms with Gasteiger partial charge in [0.1, 0.15) is 5.75 Å². The lowest BCUT2D eigenvalue weighted by Gasteiger charge is -2.15. The summed E-state index contributed by atoms with van der Waals surface area (Å²) in [4.78, 5) is 11.7. The number of carbonyl (C=O) groups excluding carboxylic acids is 1. The fourth-order valence-electron chi connectivity index (χ4n) is 4.10. The van der Waals surface area contributed by atoms with Crippen LogP contribution >= 0.6 is 0 Å². The summed E-state index contributed by atoms with van der Waals surface area (Å²) in [5, 5.41) is 4.75. The zero-order valence-corrected chi connectivity index (χ0v) is 16.5. The highest BCUT2D eigenvalue weighted by molar-refractivity contribution is 5.96. The number of hydrogen-bond acceptors (Lipinski definition) is 4. The van der Waals surface area contributed by atoms with Gasteiger partial charge in [0.25, 0.3) is 0 Å². The zero-order chi connectivity index (χ0) is 19.5. The molecule has 0 spiro atoms. The molecule has 0 amide bonds. The highest BCUT2D eigenvalue weighted by atomic mass is 16.5. The predicted octanol–water partition coefficient (Wildman–Crippen LogP) is 3.57. The lowest BCUT2D eigenvalue weighted by Crippen LogP contribution is -2.17. The first kappa shape index (κ1) is 18.6. The number of hydrogen-bond donors (Lipinski definition) is 1. The Morgan fingerprint density at radius 2 is 2.00 bits per heavy atom. The minimum absolute atomic E-state index is 0.199. The third-order valence-corrected chi connectivity index (χ3v) is 5.50. The van der Waals surface area contributed by atoms with Gasteiger partial charge in [-0.1, -0.05) is 24.3 Å². The fraction of sp³-hybridized carbons (Fsp3) is 0.348. The molecule has 4 rings (SSSR count). The van der Waals surface area contributed by atoms with Crippen molar-refractivity contribution >= 4 is 16.9 Å². The van der Waals surface area contributed by atoms with Crippen molar-refractivity contribution in [3.8, 4) is 16.9 Å². The molecule has 0 radical (unpaired) electrons. The first-order chi connectivity index (χ1) is 13.7. The van der Waals surface area contributed by atoms with Crippen molar-refractivity contribution in [3.05, 3.63) is 53.7 Å². The fourth-order valence-corrected chi connectivity index (χ4v) is 4.10. The molecule has 5 nitrogen and oxygen atoms in total. The summed E-state index contributed by atoms with van der Waals surface area (Å²) in [6, 6.07) is 14.9. The SMILES string of the molecule is COC(=O)CCc1cc(OC)ccc1-c1cccc2cc3n(c12)CCNCC3. The van der Waals surface area contributed by atoms with Crippen molar-refractivity contribution in [2.75, 3.05) is 27.3 Å². The normalized spacial score (nSPS) is 13.8. The summed E-state index contributed by atoms with van der Waals surface area (Å²) < 4.78 is 12.7. The number of aryl methyl sites for hydroxylation is 1. The Balaban J connectivity index is 1.85. The van der Waals surface area contributed by atoms with Crippen LogP contribution in [0.3, 0.4) is 0 Å². The standard InChI is InChI=1S/C23H26N2O3/c1-27-19-7-8-20(16(15-19)6-9-22(26)28-2)21-5-3-4-17-14-18-10-11-24-12-13-25(18)23(17)21/h3-5,7-8,14-15,24H,6,9-13H2,1-2H3. The van der Waals surface area contributed by atoms with Crippen LogP contribution in [0, 0.1) is 0 Å². The molecule has 0 aliphatic carbocycles. The molecule has 28 heavy (non-hydrogen) atoms. The Labute approximate surface area is 165 Å². The van der Waals surface area contributed by atoms with E-state index in [0.717, 1.165) is 42.9 Å². The number of aromatic nitrogens is 1. The van der Waals surface area contributed by atoms with Crippen molar-refractivity contribution in [1.29, 1.82) is 0 Å². The topological polar surface area (TPSA) is 52.5 Å². The van der Waals surface area contributed by atoms with Crippen LogP contribution in [0.5, 0.6) is 5.75 Å². The predicted molar refractivity (Wildman–Crippen MR) is 111 cm³/mol. The molecule has 3 aromatic rings. The Hall–Kier alpha value is -2.79. The molecule has 1 aromatic heterocycles. The van der Waals surface area contributed by atoms with Crippen molar-refractivity contribution in [3.63, 3.8) is 0 Å². The van der Waals surface area contributed by atoms with Gasteiger partial charge >= 0.3 is 5.97 Å². The second kappa shape index (κ2) is 8.07. The highest BCUT2D eigenvalue weighted by Crippen LogP contribution is 2.35. The number of carbonyl (C=O) groups is 1. The molecule has 0 saturated heterocycles. The molecule has 0 unspecified atom stereocenters. The summed E-state index contributed by atoms with van der Waals surface area (Å²) in [6.07, 6.45) is 2.00. The minimum atomic E-state index is -0.199. The lowest BCUT2D eigenvalue weighted by molar-refractivity contribution is -0.140. The van der Waals surface area contributed by atoms with Gasteiger partial charge in [0.15, 0.2) is 0 Å². The monoisotopic (exact) mass is 378 g/mol. The van der Waals surface area contributed by atoms with E-state index >= 15 is 0 Å². The van der Waals surface area contributed by atoms with E-state index in [2.05, 4.69) is 40.2 Å². The number of esters is 1. The van der Waals surface area contributed by atoms with E-state index in [1.54, 1.807) is 7.11 Å². The van der Waals surface area contributed by atoms with Gasteiger partial charge in [0.05, 0.1) is 19.7 Å². The molecule has 1 N–H and O–H groups in total. The van der Waals surface area contributed by atoms with Gasteiger partial charge in [-0.15, -0.1) is 0 Å². The van der Waals surface area contributed by atoms with Gasteiger partial charge in [0, 0.05) is 49.1 Å². The quantitative estimate of drug-likeness (QED) is 0.690. The summed E-state index contributed by atoms with van der Waals surface area (Å²) >= 11 is 0. The molecule has 5 heteroatoms.